The zero-order valence-electron chi connectivity index (χ0n) is 14.6. The topological polar surface area (TPSA) is 62.9 Å². The Hall–Kier alpha value is -2.01. The van der Waals surface area contributed by atoms with Crippen LogP contribution in [0.25, 0.3) is 0 Å². The minimum atomic E-state index is 0.422. The molecule has 0 saturated carbocycles. The number of rotatable bonds is 10. The molecule has 0 heterocycles. The minimum absolute atomic E-state index is 0.422. The molecule has 5 heteroatoms. The number of guanidine groups is 1. The van der Waals surface area contributed by atoms with Crippen molar-refractivity contribution in [1.82, 2.24) is 10.2 Å². The summed E-state index contributed by atoms with van der Waals surface area (Å²) in [5, 5.41) is 3.03. The monoisotopic (exact) mass is 318 g/mol. The first-order valence-corrected chi connectivity index (χ1v) is 8.18. The van der Waals surface area contributed by atoms with Crippen molar-refractivity contribution in [2.75, 3.05) is 32.8 Å². The summed E-state index contributed by atoms with van der Waals surface area (Å²) < 4.78 is 5.92. The Kier molecular flexibility index (Phi) is 8.83. The molecule has 3 N–H and O–H groups in total. The Labute approximate surface area is 140 Å². The van der Waals surface area contributed by atoms with Crippen molar-refractivity contribution < 1.29 is 4.74 Å². The molecule has 0 saturated heterocycles. The first-order valence-electron chi connectivity index (χ1n) is 8.18. The van der Waals surface area contributed by atoms with Gasteiger partial charge in [-0.1, -0.05) is 44.2 Å². The van der Waals surface area contributed by atoms with Crippen molar-refractivity contribution in [2.24, 2.45) is 10.7 Å². The summed E-state index contributed by atoms with van der Waals surface area (Å²) >= 11 is 0. The third-order valence-corrected chi connectivity index (χ3v) is 3.52. The lowest BCUT2D eigenvalue weighted by molar-refractivity contribution is 0.221. The predicted molar refractivity (Wildman–Crippen MR) is 97.9 cm³/mol. The number of ether oxygens (including phenoxy) is 1. The summed E-state index contributed by atoms with van der Waals surface area (Å²) in [6.07, 6.45) is 0. The first-order chi connectivity index (χ1) is 11.1. The summed E-state index contributed by atoms with van der Waals surface area (Å²) in [4.78, 5) is 6.69. The van der Waals surface area contributed by atoms with Crippen LogP contribution in [0.15, 0.2) is 41.4 Å². The lowest BCUT2D eigenvalue weighted by Gasteiger charge is -2.18. The molecule has 0 atom stereocenters. The zero-order chi connectivity index (χ0) is 17.1. The highest BCUT2D eigenvalue weighted by Gasteiger charge is 2.04. The van der Waals surface area contributed by atoms with Crippen LogP contribution in [-0.4, -0.2) is 43.6 Å². The SMILES string of the molecule is C=C(C)CNC(N)=NCc1ccccc1OCCN(CC)CC. The quantitative estimate of drug-likeness (QED) is 0.395. The molecule has 0 aliphatic rings. The molecule has 0 radical (unpaired) electrons. The number of aliphatic imine (C=N–C) groups is 1. The van der Waals surface area contributed by atoms with Crippen molar-refractivity contribution in [3.05, 3.63) is 42.0 Å². The zero-order valence-corrected chi connectivity index (χ0v) is 14.6. The van der Waals surface area contributed by atoms with E-state index in [0.29, 0.717) is 25.7 Å². The van der Waals surface area contributed by atoms with Gasteiger partial charge in [-0.05, 0) is 26.1 Å². The van der Waals surface area contributed by atoms with Crippen molar-refractivity contribution in [3.8, 4) is 5.75 Å². The van der Waals surface area contributed by atoms with Gasteiger partial charge in [-0.15, -0.1) is 0 Å². The van der Waals surface area contributed by atoms with E-state index in [1.165, 1.54) is 0 Å². The molecule has 1 rings (SSSR count). The number of nitrogens with one attached hydrogen (secondary N) is 1. The van der Waals surface area contributed by atoms with Gasteiger partial charge in [0.15, 0.2) is 5.96 Å². The molecule has 0 bridgehead atoms. The molecule has 0 aliphatic heterocycles. The van der Waals surface area contributed by atoms with Gasteiger partial charge < -0.3 is 20.7 Å². The van der Waals surface area contributed by atoms with Crippen LogP contribution < -0.4 is 15.8 Å². The molecule has 0 aliphatic carbocycles. The fraction of sp³-hybridized carbons (Fsp3) is 0.500. The molecular formula is C18H30N4O. The number of hydrogen-bond donors (Lipinski definition) is 2. The van der Waals surface area contributed by atoms with E-state index in [9.17, 15) is 0 Å². The second kappa shape index (κ2) is 10.7. The fourth-order valence-corrected chi connectivity index (χ4v) is 2.07. The third-order valence-electron chi connectivity index (χ3n) is 3.52. The molecule has 0 unspecified atom stereocenters. The molecule has 0 spiro atoms. The van der Waals surface area contributed by atoms with Crippen LogP contribution >= 0.6 is 0 Å². The van der Waals surface area contributed by atoms with Gasteiger partial charge >= 0.3 is 0 Å². The summed E-state index contributed by atoms with van der Waals surface area (Å²) in [5.74, 6) is 1.29. The minimum Gasteiger partial charge on any atom is -0.492 e. The number of nitrogens with two attached hydrogens (primary N) is 1. The van der Waals surface area contributed by atoms with Gasteiger partial charge in [-0.2, -0.15) is 0 Å². The van der Waals surface area contributed by atoms with Crippen LogP contribution in [0.1, 0.15) is 26.3 Å². The van der Waals surface area contributed by atoms with E-state index < -0.39 is 0 Å². The fourth-order valence-electron chi connectivity index (χ4n) is 2.07. The first kappa shape index (κ1) is 19.0. The average molecular weight is 318 g/mol. The summed E-state index contributed by atoms with van der Waals surface area (Å²) in [6.45, 7) is 14.9. The van der Waals surface area contributed by atoms with E-state index in [0.717, 1.165) is 36.5 Å². The van der Waals surface area contributed by atoms with Crippen molar-refractivity contribution >= 4 is 5.96 Å². The highest BCUT2D eigenvalue weighted by Crippen LogP contribution is 2.18. The Morgan fingerprint density at radius 2 is 2.00 bits per heavy atom. The van der Waals surface area contributed by atoms with Crippen LogP contribution in [0.4, 0.5) is 0 Å². The number of hydrogen-bond acceptors (Lipinski definition) is 3. The Morgan fingerprint density at radius 1 is 1.30 bits per heavy atom. The molecule has 5 nitrogen and oxygen atoms in total. The van der Waals surface area contributed by atoms with Crippen LogP contribution in [0.5, 0.6) is 5.75 Å². The van der Waals surface area contributed by atoms with Crippen LogP contribution in [0.3, 0.4) is 0 Å². The normalized spacial score (nSPS) is 11.6. The Bertz CT molecular complexity index is 509. The molecular weight excluding hydrogens is 288 g/mol. The van der Waals surface area contributed by atoms with Gasteiger partial charge in [0.2, 0.25) is 0 Å². The van der Waals surface area contributed by atoms with E-state index in [1.807, 2.05) is 31.2 Å². The average Bonchev–Trinajstić information content (AvgIpc) is 2.56. The molecule has 1 aromatic rings. The highest BCUT2D eigenvalue weighted by molar-refractivity contribution is 5.78. The largest absolute Gasteiger partial charge is 0.492 e. The van der Waals surface area contributed by atoms with Crippen molar-refractivity contribution in [1.29, 1.82) is 0 Å². The van der Waals surface area contributed by atoms with E-state index in [1.54, 1.807) is 0 Å². The summed E-state index contributed by atoms with van der Waals surface area (Å²) in [5.41, 5.74) is 7.90. The van der Waals surface area contributed by atoms with E-state index >= 15 is 0 Å². The maximum atomic E-state index is 5.92. The van der Waals surface area contributed by atoms with E-state index in [4.69, 9.17) is 10.5 Å². The van der Waals surface area contributed by atoms with Gasteiger partial charge in [0.25, 0.3) is 0 Å². The van der Waals surface area contributed by atoms with Crippen LogP contribution in [0.2, 0.25) is 0 Å². The van der Waals surface area contributed by atoms with Gasteiger partial charge in [0.1, 0.15) is 12.4 Å². The van der Waals surface area contributed by atoms with Crippen LogP contribution in [-0.2, 0) is 6.54 Å². The second-order valence-corrected chi connectivity index (χ2v) is 5.50. The number of nitrogens with zero attached hydrogens (tertiary/aromatic N) is 2. The van der Waals surface area contributed by atoms with Gasteiger partial charge in [0, 0.05) is 18.7 Å². The molecule has 0 fully saturated rings. The van der Waals surface area contributed by atoms with Crippen LogP contribution in [0, 0.1) is 0 Å². The number of para-hydroxylation sites is 1. The van der Waals surface area contributed by atoms with E-state index in [-0.39, 0.29) is 0 Å². The Balaban J connectivity index is 2.56. The predicted octanol–water partition coefficient (Wildman–Crippen LogP) is 2.39. The molecule has 1 aromatic carbocycles. The molecule has 23 heavy (non-hydrogen) atoms. The lowest BCUT2D eigenvalue weighted by Crippen LogP contribution is -2.32. The van der Waals surface area contributed by atoms with Gasteiger partial charge in [-0.3, -0.25) is 0 Å². The summed E-state index contributed by atoms with van der Waals surface area (Å²) in [6, 6.07) is 7.95. The third kappa shape index (κ3) is 7.70. The highest BCUT2D eigenvalue weighted by atomic mass is 16.5. The van der Waals surface area contributed by atoms with Crippen molar-refractivity contribution in [2.45, 2.75) is 27.3 Å². The molecule has 0 amide bonds. The van der Waals surface area contributed by atoms with Gasteiger partial charge in [0.05, 0.1) is 6.54 Å². The number of benzene rings is 1. The standard InChI is InChI=1S/C18H30N4O/c1-5-22(6-2)11-12-23-17-10-8-7-9-16(17)14-21-18(19)20-13-15(3)4/h7-10H,3,5-6,11-14H2,1-2,4H3,(H3,19,20,21). The maximum Gasteiger partial charge on any atom is 0.189 e. The maximum absolute atomic E-state index is 5.92. The lowest BCUT2D eigenvalue weighted by atomic mass is 10.2. The second-order valence-electron chi connectivity index (χ2n) is 5.50. The smallest absolute Gasteiger partial charge is 0.189 e. The molecule has 0 aromatic heterocycles. The Morgan fingerprint density at radius 3 is 2.65 bits per heavy atom. The van der Waals surface area contributed by atoms with E-state index in [2.05, 4.69) is 35.6 Å². The van der Waals surface area contributed by atoms with Gasteiger partial charge in [-0.25, -0.2) is 4.99 Å². The van der Waals surface area contributed by atoms with Crippen molar-refractivity contribution in [3.63, 3.8) is 0 Å². The molecule has 128 valence electrons. The number of likely N-dealkylation sites (N-methyl/N-ethyl adjacent to an activating group) is 1. The summed E-state index contributed by atoms with van der Waals surface area (Å²) in [7, 11) is 0.